The Bertz CT molecular complexity index is 938. The van der Waals surface area contributed by atoms with Gasteiger partial charge in [0.1, 0.15) is 18.1 Å². The van der Waals surface area contributed by atoms with Crippen molar-refractivity contribution in [1.29, 1.82) is 0 Å². The summed E-state index contributed by atoms with van der Waals surface area (Å²) in [7, 11) is 2.80. The lowest BCUT2D eigenvalue weighted by Crippen LogP contribution is -2.56. The van der Waals surface area contributed by atoms with Crippen LogP contribution in [0.5, 0.6) is 0 Å². The molecule has 0 saturated carbocycles. The van der Waals surface area contributed by atoms with Gasteiger partial charge in [-0.05, 0) is 65.5 Å². The van der Waals surface area contributed by atoms with E-state index in [1.165, 1.54) is 79.4 Å². The Morgan fingerprint density at radius 3 is 1.47 bits per heavy atom. The zero-order valence-corrected chi connectivity index (χ0v) is 31.4. The molecular weight excluding hydrogens is 626 g/mol. The molecule has 0 aliphatic heterocycles. The summed E-state index contributed by atoms with van der Waals surface area (Å²) >= 11 is 0. The number of likely N-dealkylation sites (N-methyl/N-ethyl adjacent to an activating group) is 1. The molecule has 1 unspecified atom stereocenters. The van der Waals surface area contributed by atoms with Crippen molar-refractivity contribution >= 4 is 29.5 Å². The summed E-state index contributed by atoms with van der Waals surface area (Å²) in [5, 5.41) is 9.07. The lowest BCUT2D eigenvalue weighted by molar-refractivity contribution is -0.171. The third-order valence-corrected chi connectivity index (χ3v) is 9.18. The Hall–Kier alpha value is -2.77. The first-order valence-corrected chi connectivity index (χ1v) is 18.9. The largest absolute Gasteiger partial charge is 0.369 e. The second-order valence-electron chi connectivity index (χ2n) is 13.4. The number of rotatable bonds is 31. The first kappa shape index (κ1) is 46.2. The van der Waals surface area contributed by atoms with Crippen molar-refractivity contribution in [3.63, 3.8) is 0 Å². The van der Waals surface area contributed by atoms with E-state index in [1.54, 1.807) is 0 Å². The number of unbranched alkanes of at least 4 members (excludes halogenated alkanes) is 13. The molecule has 0 radical (unpaired) electrons. The average molecular weight is 698 g/mol. The molecule has 0 aromatic rings. The smallest absolute Gasteiger partial charge is 0.268 e. The molecule has 0 fully saturated rings. The van der Waals surface area contributed by atoms with Crippen molar-refractivity contribution in [2.24, 2.45) is 29.0 Å². The van der Waals surface area contributed by atoms with Crippen LogP contribution in [0.3, 0.4) is 0 Å². The second-order valence-corrected chi connectivity index (χ2v) is 13.4. The highest BCUT2D eigenvalue weighted by molar-refractivity contribution is 5.94. The molecule has 5 atom stereocenters. The number of nitrogens with one attached hydrogen (secondary N) is 3. The van der Waals surface area contributed by atoms with Gasteiger partial charge in [-0.15, -0.1) is 0 Å². The fourth-order valence-corrected chi connectivity index (χ4v) is 5.92. The molecule has 0 spiro atoms. The van der Waals surface area contributed by atoms with Crippen LogP contribution in [0.15, 0.2) is 0 Å². The van der Waals surface area contributed by atoms with E-state index in [0.717, 1.165) is 30.7 Å². The molecule has 0 saturated heterocycles. The molecule has 13 nitrogen and oxygen atoms in total. The third-order valence-electron chi connectivity index (χ3n) is 9.18. The van der Waals surface area contributed by atoms with E-state index in [9.17, 15) is 24.0 Å². The van der Waals surface area contributed by atoms with Gasteiger partial charge in [0.05, 0.1) is 7.11 Å². The Morgan fingerprint density at radius 1 is 0.592 bits per heavy atom. The molecule has 0 aliphatic carbocycles. The molecule has 9 N–H and O–H groups in total. The van der Waals surface area contributed by atoms with E-state index in [2.05, 4.69) is 22.9 Å². The van der Waals surface area contributed by atoms with Crippen LogP contribution in [0.4, 0.5) is 0 Å². The van der Waals surface area contributed by atoms with Crippen LogP contribution in [-0.2, 0) is 28.8 Å². The maximum Gasteiger partial charge on any atom is 0.268 e. The van der Waals surface area contributed by atoms with Crippen LogP contribution in [-0.4, -0.2) is 80.0 Å². The van der Waals surface area contributed by atoms with Crippen LogP contribution in [0.25, 0.3) is 0 Å². The van der Waals surface area contributed by atoms with Crippen molar-refractivity contribution in [3.8, 4) is 0 Å². The average Bonchev–Trinajstić information content (AvgIpc) is 3.07. The van der Waals surface area contributed by atoms with Crippen LogP contribution in [0, 0.1) is 11.8 Å². The SMILES string of the molecule is CCCCCCCCCCCCCCC(C(N)=O)[C@H](CCCCN)C(=O)N[C@@H](C)C(=O)N[C@@H](C)C(=O)N[C@@H](CCCCN)C(=O)N(C)OC. The predicted octanol–water partition coefficient (Wildman–Crippen LogP) is 3.57. The van der Waals surface area contributed by atoms with E-state index in [4.69, 9.17) is 22.0 Å². The molecule has 0 rings (SSSR count). The summed E-state index contributed by atoms with van der Waals surface area (Å²) in [6.07, 6.45) is 18.3. The van der Waals surface area contributed by atoms with Gasteiger partial charge in [0.25, 0.3) is 5.91 Å². The van der Waals surface area contributed by atoms with Gasteiger partial charge in [-0.1, -0.05) is 90.4 Å². The van der Waals surface area contributed by atoms with Gasteiger partial charge in [0.15, 0.2) is 0 Å². The lowest BCUT2D eigenvalue weighted by Gasteiger charge is -2.27. The zero-order valence-electron chi connectivity index (χ0n) is 31.4. The van der Waals surface area contributed by atoms with Gasteiger partial charge in [0.2, 0.25) is 23.6 Å². The summed E-state index contributed by atoms with van der Waals surface area (Å²) in [5.74, 6) is -3.85. The number of hydrogen-bond donors (Lipinski definition) is 6. The third kappa shape index (κ3) is 21.1. The van der Waals surface area contributed by atoms with Crippen molar-refractivity contribution < 1.29 is 28.8 Å². The molecule has 5 amide bonds. The number of hydrogen-bond acceptors (Lipinski definition) is 8. The van der Waals surface area contributed by atoms with E-state index in [0.29, 0.717) is 58.0 Å². The summed E-state index contributed by atoms with van der Waals surface area (Å²) in [6.45, 7) is 6.17. The van der Waals surface area contributed by atoms with Gasteiger partial charge in [-0.25, -0.2) is 5.06 Å². The maximum atomic E-state index is 13.5. The monoisotopic (exact) mass is 698 g/mol. The molecule has 0 aromatic carbocycles. The van der Waals surface area contributed by atoms with Crippen LogP contribution >= 0.6 is 0 Å². The molecule has 0 heterocycles. The topological polar surface area (TPSA) is 212 Å². The van der Waals surface area contributed by atoms with E-state index in [1.807, 2.05) is 0 Å². The fourth-order valence-electron chi connectivity index (χ4n) is 5.92. The first-order chi connectivity index (χ1) is 23.4. The van der Waals surface area contributed by atoms with Crippen LogP contribution in [0.1, 0.15) is 143 Å². The molecule has 0 aliphatic rings. The summed E-state index contributed by atoms with van der Waals surface area (Å²) in [5.41, 5.74) is 17.1. The molecule has 286 valence electrons. The number of amides is 5. The number of hydroxylamine groups is 2. The van der Waals surface area contributed by atoms with E-state index < -0.39 is 59.5 Å². The number of nitrogens with two attached hydrogens (primary N) is 3. The maximum absolute atomic E-state index is 13.5. The van der Waals surface area contributed by atoms with Crippen LogP contribution in [0.2, 0.25) is 0 Å². The van der Waals surface area contributed by atoms with Crippen molar-refractivity contribution in [2.75, 3.05) is 27.2 Å². The highest BCUT2D eigenvalue weighted by Crippen LogP contribution is 2.25. The van der Waals surface area contributed by atoms with Gasteiger partial charge < -0.3 is 33.2 Å². The summed E-state index contributed by atoms with van der Waals surface area (Å²) < 4.78 is 0. The van der Waals surface area contributed by atoms with Crippen molar-refractivity contribution in [1.82, 2.24) is 21.0 Å². The molecular formula is C36H71N7O6. The number of carbonyl (C=O) groups is 5. The van der Waals surface area contributed by atoms with Gasteiger partial charge in [-0.2, -0.15) is 0 Å². The Balaban J connectivity index is 5.11. The molecule has 49 heavy (non-hydrogen) atoms. The van der Waals surface area contributed by atoms with Gasteiger partial charge in [-0.3, -0.25) is 28.8 Å². The molecule has 13 heteroatoms. The lowest BCUT2D eigenvalue weighted by atomic mass is 9.82. The standard InChI is InChI=1S/C36H71N7O6/c1-6-7-8-9-10-11-12-13-14-15-16-17-22-29(32(39)44)30(23-18-20-25-37)35(47)41-27(2)33(45)40-28(3)34(46)42-31(24-19-21-26-38)36(48)43(4)49-5/h27-31H,6-26,37-38H2,1-5H3,(H2,39,44)(H,40,45)(H,41,47)(H,42,46)/t27-,28-,29?,30-,31-/m0/s1. The molecule has 0 aromatic heterocycles. The Labute approximate surface area is 296 Å². The fraction of sp³-hybridized carbons (Fsp3) is 0.861. The minimum absolute atomic E-state index is 0.356. The number of carbonyl (C=O) groups excluding carboxylic acids is 5. The summed E-state index contributed by atoms with van der Waals surface area (Å²) in [4.78, 5) is 69.8. The molecule has 0 bridgehead atoms. The van der Waals surface area contributed by atoms with Gasteiger partial charge >= 0.3 is 0 Å². The predicted molar refractivity (Wildman–Crippen MR) is 195 cm³/mol. The van der Waals surface area contributed by atoms with Gasteiger partial charge in [0, 0.05) is 18.9 Å². The first-order valence-electron chi connectivity index (χ1n) is 18.9. The highest BCUT2D eigenvalue weighted by Gasteiger charge is 2.34. The Kier molecular flexibility index (Phi) is 27.4. The minimum atomic E-state index is -0.992. The van der Waals surface area contributed by atoms with E-state index in [-0.39, 0.29) is 0 Å². The van der Waals surface area contributed by atoms with Crippen LogP contribution < -0.4 is 33.2 Å². The van der Waals surface area contributed by atoms with E-state index >= 15 is 0 Å². The quantitative estimate of drug-likeness (QED) is 0.0465. The van der Waals surface area contributed by atoms with Crippen molar-refractivity contribution in [2.45, 2.75) is 161 Å². The zero-order chi connectivity index (χ0) is 37.0. The normalized spacial score (nSPS) is 14.3. The minimum Gasteiger partial charge on any atom is -0.369 e. The number of primary amides is 1. The summed E-state index contributed by atoms with van der Waals surface area (Å²) in [6, 6.07) is -2.83. The van der Waals surface area contributed by atoms with Crippen molar-refractivity contribution in [3.05, 3.63) is 0 Å². The second kappa shape index (κ2) is 29.0. The Morgan fingerprint density at radius 2 is 1.00 bits per heavy atom. The highest BCUT2D eigenvalue weighted by atomic mass is 16.7. The number of nitrogens with zero attached hydrogens (tertiary/aromatic N) is 1.